The first-order chi connectivity index (χ1) is 14.1. The number of aromatic nitrogens is 2. The molecule has 6 nitrogen and oxygen atoms in total. The SMILES string of the molecule is Cc1nn(-c2ccc(F)cc2)c2sc(C(=O)N3CCCC(C4OCCO4)C3)cc12. The topological polar surface area (TPSA) is 56.6 Å². The number of amides is 1. The van der Waals surface area contributed by atoms with Gasteiger partial charge in [0.15, 0.2) is 6.29 Å². The number of likely N-dealkylation sites (tertiary alicyclic amines) is 1. The van der Waals surface area contributed by atoms with Gasteiger partial charge in [0.1, 0.15) is 10.6 Å². The van der Waals surface area contributed by atoms with Crippen LogP contribution in [0.3, 0.4) is 0 Å². The van der Waals surface area contributed by atoms with Crippen LogP contribution in [0.4, 0.5) is 4.39 Å². The van der Waals surface area contributed by atoms with Crippen LogP contribution in [0, 0.1) is 18.7 Å². The average Bonchev–Trinajstić information content (AvgIpc) is 3.47. The maximum Gasteiger partial charge on any atom is 0.264 e. The highest BCUT2D eigenvalue weighted by Gasteiger charge is 2.33. The number of thiophene rings is 1. The summed E-state index contributed by atoms with van der Waals surface area (Å²) in [5, 5.41) is 5.53. The van der Waals surface area contributed by atoms with Crippen molar-refractivity contribution in [3.63, 3.8) is 0 Å². The highest BCUT2D eigenvalue weighted by molar-refractivity contribution is 7.20. The Kier molecular flexibility index (Phi) is 4.85. The van der Waals surface area contributed by atoms with Crippen LogP contribution >= 0.6 is 11.3 Å². The summed E-state index contributed by atoms with van der Waals surface area (Å²) in [4.78, 5) is 16.7. The van der Waals surface area contributed by atoms with Crippen molar-refractivity contribution in [1.29, 1.82) is 0 Å². The molecule has 0 saturated carbocycles. The van der Waals surface area contributed by atoms with Crippen molar-refractivity contribution in [2.24, 2.45) is 5.92 Å². The van der Waals surface area contributed by atoms with Gasteiger partial charge in [0.05, 0.1) is 29.5 Å². The fraction of sp³-hybridized carbons (Fsp3) is 0.429. The molecule has 1 aromatic carbocycles. The number of benzene rings is 1. The largest absolute Gasteiger partial charge is 0.350 e. The van der Waals surface area contributed by atoms with Crippen molar-refractivity contribution in [2.45, 2.75) is 26.1 Å². The number of nitrogens with zero attached hydrogens (tertiary/aromatic N) is 3. The Labute approximate surface area is 171 Å². The summed E-state index contributed by atoms with van der Waals surface area (Å²) < 4.78 is 26.4. The van der Waals surface area contributed by atoms with Crippen molar-refractivity contribution in [2.75, 3.05) is 26.3 Å². The molecule has 0 aliphatic carbocycles. The second kappa shape index (κ2) is 7.51. The molecular formula is C21H22FN3O3S. The lowest BCUT2D eigenvalue weighted by Gasteiger charge is -2.34. The molecule has 1 atom stereocenters. The van der Waals surface area contributed by atoms with Crippen LogP contribution in [0.1, 0.15) is 28.2 Å². The third-order valence-electron chi connectivity index (χ3n) is 5.60. The lowest BCUT2D eigenvalue weighted by Crippen LogP contribution is -2.43. The van der Waals surface area contributed by atoms with E-state index in [-0.39, 0.29) is 23.9 Å². The first-order valence-electron chi connectivity index (χ1n) is 9.88. The molecule has 0 bridgehead atoms. The number of carbonyl (C=O) groups excluding carboxylic acids is 1. The van der Waals surface area contributed by atoms with E-state index >= 15 is 0 Å². The molecule has 152 valence electrons. The number of rotatable bonds is 3. The number of carbonyl (C=O) groups is 1. The smallest absolute Gasteiger partial charge is 0.264 e. The summed E-state index contributed by atoms with van der Waals surface area (Å²) in [6.07, 6.45) is 1.77. The zero-order valence-electron chi connectivity index (χ0n) is 16.1. The maximum atomic E-state index is 13.3. The molecule has 1 amide bonds. The standard InChI is InChI=1S/C21H22FN3O3S/c1-13-17-11-18(29-20(17)25(23-13)16-6-4-15(22)5-7-16)19(26)24-8-2-3-14(12-24)21-27-9-10-28-21/h4-7,11,14,21H,2-3,8-10,12H2,1H3. The highest BCUT2D eigenvalue weighted by Crippen LogP contribution is 2.32. The Morgan fingerprint density at radius 1 is 1.24 bits per heavy atom. The summed E-state index contributed by atoms with van der Waals surface area (Å²) in [5.41, 5.74) is 1.63. The first kappa shape index (κ1) is 18.7. The number of halogens is 1. The van der Waals surface area contributed by atoms with Crippen molar-refractivity contribution >= 4 is 27.5 Å². The summed E-state index contributed by atoms with van der Waals surface area (Å²) in [6, 6.07) is 8.15. The molecule has 1 unspecified atom stereocenters. The van der Waals surface area contributed by atoms with Crippen LogP contribution in [-0.2, 0) is 9.47 Å². The minimum Gasteiger partial charge on any atom is -0.350 e. The van der Waals surface area contributed by atoms with Gasteiger partial charge in [-0.05, 0) is 50.1 Å². The van der Waals surface area contributed by atoms with Crippen molar-refractivity contribution in [1.82, 2.24) is 14.7 Å². The Hall–Kier alpha value is -2.29. The third kappa shape index (κ3) is 3.45. The van der Waals surface area contributed by atoms with Gasteiger partial charge in [0.2, 0.25) is 0 Å². The number of aryl methyl sites for hydroxylation is 1. The predicted octanol–water partition coefficient (Wildman–Crippen LogP) is 3.76. The van der Waals surface area contributed by atoms with Gasteiger partial charge in [-0.25, -0.2) is 9.07 Å². The highest BCUT2D eigenvalue weighted by atomic mass is 32.1. The van der Waals surface area contributed by atoms with E-state index in [1.807, 2.05) is 17.9 Å². The van der Waals surface area contributed by atoms with Crippen LogP contribution in [-0.4, -0.2) is 53.2 Å². The molecule has 2 aliphatic heterocycles. The van der Waals surface area contributed by atoms with E-state index in [4.69, 9.17) is 9.47 Å². The summed E-state index contributed by atoms with van der Waals surface area (Å²) in [5.74, 6) is -0.0224. The monoisotopic (exact) mass is 415 g/mol. The van der Waals surface area contributed by atoms with E-state index in [0.29, 0.717) is 24.6 Å². The van der Waals surface area contributed by atoms with Crippen LogP contribution in [0.5, 0.6) is 0 Å². The van der Waals surface area contributed by atoms with Gasteiger partial charge < -0.3 is 14.4 Å². The Bertz CT molecular complexity index is 1040. The van der Waals surface area contributed by atoms with Gasteiger partial charge >= 0.3 is 0 Å². The Balaban J connectivity index is 1.42. The van der Waals surface area contributed by atoms with Crippen LogP contribution < -0.4 is 0 Å². The van der Waals surface area contributed by atoms with Crippen molar-refractivity contribution in [3.8, 4) is 5.69 Å². The molecular weight excluding hydrogens is 393 g/mol. The number of ether oxygens (including phenoxy) is 2. The average molecular weight is 415 g/mol. The molecule has 4 heterocycles. The zero-order chi connectivity index (χ0) is 20.0. The van der Waals surface area contributed by atoms with E-state index in [9.17, 15) is 9.18 Å². The molecule has 2 aliphatic rings. The minimum absolute atomic E-state index is 0.0407. The molecule has 3 aromatic rings. The normalized spacial score (nSPS) is 20.6. The Morgan fingerprint density at radius 2 is 2.00 bits per heavy atom. The van der Waals surface area contributed by atoms with Gasteiger partial charge in [-0.2, -0.15) is 5.10 Å². The second-order valence-corrected chi connectivity index (χ2v) is 8.60. The molecule has 29 heavy (non-hydrogen) atoms. The van der Waals surface area contributed by atoms with E-state index in [0.717, 1.165) is 41.0 Å². The third-order valence-corrected chi connectivity index (χ3v) is 6.70. The van der Waals surface area contributed by atoms with Gasteiger partial charge in [-0.1, -0.05) is 0 Å². The quantitative estimate of drug-likeness (QED) is 0.654. The van der Waals surface area contributed by atoms with Gasteiger partial charge in [-0.15, -0.1) is 11.3 Å². The van der Waals surface area contributed by atoms with Gasteiger partial charge in [-0.3, -0.25) is 4.79 Å². The van der Waals surface area contributed by atoms with Crippen LogP contribution in [0.15, 0.2) is 30.3 Å². The number of fused-ring (bicyclic) bond motifs is 1. The van der Waals surface area contributed by atoms with Crippen molar-refractivity contribution in [3.05, 3.63) is 46.7 Å². The molecule has 0 N–H and O–H groups in total. The summed E-state index contributed by atoms with van der Waals surface area (Å²) >= 11 is 1.43. The zero-order valence-corrected chi connectivity index (χ0v) is 17.0. The van der Waals surface area contributed by atoms with E-state index in [1.165, 1.54) is 23.5 Å². The first-order valence-corrected chi connectivity index (χ1v) is 10.7. The fourth-order valence-corrected chi connectivity index (χ4v) is 5.28. The van der Waals surface area contributed by atoms with E-state index in [1.54, 1.807) is 16.8 Å². The maximum absolute atomic E-state index is 13.3. The van der Waals surface area contributed by atoms with E-state index < -0.39 is 0 Å². The lowest BCUT2D eigenvalue weighted by atomic mass is 9.97. The molecule has 8 heteroatoms. The number of hydrogen-bond acceptors (Lipinski definition) is 5. The predicted molar refractivity (Wildman–Crippen MR) is 108 cm³/mol. The Morgan fingerprint density at radius 3 is 2.76 bits per heavy atom. The summed E-state index contributed by atoms with van der Waals surface area (Å²) in [6.45, 7) is 4.59. The van der Waals surface area contributed by atoms with Crippen molar-refractivity contribution < 1.29 is 18.7 Å². The second-order valence-electron chi connectivity index (χ2n) is 7.57. The summed E-state index contributed by atoms with van der Waals surface area (Å²) in [7, 11) is 0. The van der Waals surface area contributed by atoms with Gasteiger partial charge in [0.25, 0.3) is 5.91 Å². The molecule has 0 spiro atoms. The van der Waals surface area contributed by atoms with Crippen LogP contribution in [0.25, 0.3) is 15.9 Å². The van der Waals surface area contributed by atoms with Crippen LogP contribution in [0.2, 0.25) is 0 Å². The molecule has 5 rings (SSSR count). The molecule has 2 aromatic heterocycles. The molecule has 2 saturated heterocycles. The molecule has 0 radical (unpaired) electrons. The van der Waals surface area contributed by atoms with Gasteiger partial charge in [0, 0.05) is 24.4 Å². The number of hydrogen-bond donors (Lipinski definition) is 0. The number of piperidine rings is 1. The molecule has 2 fully saturated rings. The minimum atomic E-state index is -0.286. The lowest BCUT2D eigenvalue weighted by molar-refractivity contribution is -0.0968. The van der Waals surface area contributed by atoms with E-state index in [2.05, 4.69) is 5.10 Å². The fourth-order valence-electron chi connectivity index (χ4n) is 4.13.